The predicted octanol–water partition coefficient (Wildman–Crippen LogP) is -1.27. The molecule has 5 atom stereocenters. The zero-order valence-corrected chi connectivity index (χ0v) is 18.9. The first kappa shape index (κ1) is 28.9. The lowest BCUT2D eigenvalue weighted by atomic mass is 9.92. The van der Waals surface area contributed by atoms with E-state index in [0.717, 1.165) is 19.4 Å². The minimum absolute atomic E-state index is 0.236. The SMILES string of the molecule is CO[C@](CCN)(COP(=O)(O)OP(=O)(O)OP(=O)(O)O)[C@@H](O)[C@@H](F)n1ccc(N)nc1=O. The van der Waals surface area contributed by atoms with Crippen LogP contribution in [0.15, 0.2) is 17.1 Å². The van der Waals surface area contributed by atoms with Gasteiger partial charge in [0.05, 0.1) is 6.61 Å². The number of aromatic nitrogens is 2. The number of phosphoric acid groups is 3. The van der Waals surface area contributed by atoms with Crippen LogP contribution in [0.25, 0.3) is 0 Å². The molecule has 0 saturated carbocycles. The monoisotopic (exact) mass is 530 g/mol. The number of phosphoric ester groups is 1. The highest BCUT2D eigenvalue weighted by atomic mass is 31.3. The van der Waals surface area contributed by atoms with Crippen molar-refractivity contribution in [2.75, 3.05) is 26.0 Å². The highest BCUT2D eigenvalue weighted by Crippen LogP contribution is 2.66. The van der Waals surface area contributed by atoms with Gasteiger partial charge in [0.25, 0.3) is 0 Å². The van der Waals surface area contributed by atoms with Crippen LogP contribution in [0.5, 0.6) is 0 Å². The molecule has 0 aliphatic carbocycles. The molecule has 0 spiro atoms. The van der Waals surface area contributed by atoms with Crippen molar-refractivity contribution in [3.8, 4) is 0 Å². The number of halogens is 1. The Labute approximate surface area is 179 Å². The van der Waals surface area contributed by atoms with Crippen molar-refractivity contribution in [2.45, 2.75) is 24.4 Å². The summed E-state index contributed by atoms with van der Waals surface area (Å²) in [6.45, 7) is -1.53. The van der Waals surface area contributed by atoms with Crippen molar-refractivity contribution < 1.29 is 60.6 Å². The number of alkyl halides is 1. The summed E-state index contributed by atoms with van der Waals surface area (Å²) in [5.41, 5.74) is 7.28. The number of rotatable bonds is 13. The number of nitrogens with zero attached hydrogens (tertiary/aromatic N) is 2. The van der Waals surface area contributed by atoms with Crippen LogP contribution in [0.4, 0.5) is 10.2 Å². The van der Waals surface area contributed by atoms with Crippen LogP contribution in [0.1, 0.15) is 12.7 Å². The van der Waals surface area contributed by atoms with Gasteiger partial charge in [-0.15, -0.1) is 0 Å². The number of hydrogen-bond acceptors (Lipinski definition) is 12. The molecule has 1 aromatic heterocycles. The lowest BCUT2D eigenvalue weighted by molar-refractivity contribution is -0.164. The van der Waals surface area contributed by atoms with E-state index < -0.39 is 60.2 Å². The Bertz CT molecular complexity index is 988. The molecule has 1 rings (SSSR count). The van der Waals surface area contributed by atoms with Crippen LogP contribution < -0.4 is 17.2 Å². The molecule has 0 aliphatic heterocycles. The molecule has 21 heteroatoms. The van der Waals surface area contributed by atoms with Gasteiger partial charge in [-0.2, -0.15) is 13.6 Å². The Balaban J connectivity index is 3.13. The molecule has 0 radical (unpaired) electrons. The average molecular weight is 530 g/mol. The maximum atomic E-state index is 14.9. The fraction of sp³-hybridized carbons (Fsp3) is 0.636. The number of methoxy groups -OCH3 is 1. The molecule has 0 aromatic carbocycles. The number of hydrogen-bond donors (Lipinski definition) is 7. The van der Waals surface area contributed by atoms with Gasteiger partial charge in [0.1, 0.15) is 17.5 Å². The smallest absolute Gasteiger partial charge is 0.385 e. The first-order valence-electron chi connectivity index (χ1n) is 8.18. The van der Waals surface area contributed by atoms with E-state index in [4.69, 9.17) is 30.9 Å². The normalized spacial score (nSPS) is 20.0. The number of nitrogen functional groups attached to an aromatic ring is 1. The number of aliphatic hydroxyl groups is 1. The molecule has 0 aliphatic rings. The highest BCUT2D eigenvalue weighted by molar-refractivity contribution is 7.66. The summed E-state index contributed by atoms with van der Waals surface area (Å²) in [6, 6.07) is 1.05. The third-order valence-electron chi connectivity index (χ3n) is 3.78. The second-order valence-electron chi connectivity index (χ2n) is 6.03. The highest BCUT2D eigenvalue weighted by Gasteiger charge is 2.47. The summed E-state index contributed by atoms with van der Waals surface area (Å²) in [5, 5.41) is 10.5. The minimum Gasteiger partial charge on any atom is -0.385 e. The van der Waals surface area contributed by atoms with Crippen molar-refractivity contribution in [3.05, 3.63) is 22.7 Å². The van der Waals surface area contributed by atoms with E-state index in [1.807, 2.05) is 0 Å². The molecule has 32 heavy (non-hydrogen) atoms. The largest absolute Gasteiger partial charge is 0.490 e. The molecule has 0 amide bonds. The van der Waals surface area contributed by atoms with Crippen molar-refractivity contribution >= 4 is 29.3 Å². The summed E-state index contributed by atoms with van der Waals surface area (Å²) in [7, 11) is -16.1. The summed E-state index contributed by atoms with van der Waals surface area (Å²) >= 11 is 0. The van der Waals surface area contributed by atoms with E-state index in [1.165, 1.54) is 0 Å². The molecular formula is C11H22FN4O13P3. The maximum Gasteiger partial charge on any atom is 0.490 e. The molecule has 0 fully saturated rings. The topological polar surface area (TPSA) is 276 Å². The van der Waals surface area contributed by atoms with Gasteiger partial charge >= 0.3 is 29.2 Å². The van der Waals surface area contributed by atoms with Crippen molar-refractivity contribution in [1.29, 1.82) is 0 Å². The standard InChI is InChI=1S/C11H22FN4O13P3/c1-26-11(3-4-13,8(17)9(12)16-5-2-7(14)15-10(16)18)6-27-31(22,23)29-32(24,25)28-30(19,20)21/h2,5,8-9,17H,3-4,6,13H2,1H3,(H,22,23)(H,24,25)(H2,14,15,18)(H2,19,20,21)/t8-,9-,11+/m0/s1. The molecule has 2 unspecified atom stereocenters. The predicted molar refractivity (Wildman–Crippen MR) is 102 cm³/mol. The lowest BCUT2D eigenvalue weighted by Crippen LogP contribution is -2.53. The van der Waals surface area contributed by atoms with Gasteiger partial charge in [0.15, 0.2) is 0 Å². The Morgan fingerprint density at radius 1 is 1.22 bits per heavy atom. The van der Waals surface area contributed by atoms with Crippen molar-refractivity contribution in [1.82, 2.24) is 9.55 Å². The summed E-state index contributed by atoms with van der Waals surface area (Å²) in [6.07, 6.45) is -4.44. The van der Waals surface area contributed by atoms with Gasteiger partial charge in [-0.1, -0.05) is 0 Å². The van der Waals surface area contributed by atoms with Gasteiger partial charge in [-0.3, -0.25) is 9.09 Å². The summed E-state index contributed by atoms with van der Waals surface area (Å²) in [5.74, 6) is -0.236. The van der Waals surface area contributed by atoms with Gasteiger partial charge in [0.2, 0.25) is 6.30 Å². The van der Waals surface area contributed by atoms with Gasteiger partial charge < -0.3 is 40.9 Å². The Hall–Kier alpha value is -1.10. The second kappa shape index (κ2) is 10.9. The van der Waals surface area contributed by atoms with Crippen LogP contribution >= 0.6 is 23.5 Å². The average Bonchev–Trinajstić information content (AvgIpc) is 2.61. The van der Waals surface area contributed by atoms with Crippen molar-refractivity contribution in [3.63, 3.8) is 0 Å². The van der Waals surface area contributed by atoms with E-state index in [2.05, 4.69) is 18.1 Å². The van der Waals surface area contributed by atoms with Crippen molar-refractivity contribution in [2.24, 2.45) is 5.73 Å². The minimum atomic E-state index is -5.81. The van der Waals surface area contributed by atoms with Crippen LogP contribution in [0.2, 0.25) is 0 Å². The summed E-state index contributed by atoms with van der Waals surface area (Å²) in [4.78, 5) is 50.9. The molecule has 0 bridgehead atoms. The molecular weight excluding hydrogens is 508 g/mol. The molecule has 186 valence electrons. The van der Waals surface area contributed by atoms with E-state index in [-0.39, 0.29) is 12.4 Å². The second-order valence-corrected chi connectivity index (χ2v) is 10.5. The number of anilines is 1. The van der Waals surface area contributed by atoms with Crippen LogP contribution in [-0.4, -0.2) is 66.2 Å². The third-order valence-corrected chi connectivity index (χ3v) is 7.56. The Kier molecular flexibility index (Phi) is 9.84. The number of ether oxygens (including phenoxy) is 1. The van der Waals surface area contributed by atoms with Gasteiger partial charge in [-0.05, 0) is 19.0 Å². The molecule has 17 nitrogen and oxygen atoms in total. The zero-order valence-electron chi connectivity index (χ0n) is 16.2. The van der Waals surface area contributed by atoms with E-state index in [0.29, 0.717) is 4.57 Å². The molecule has 0 saturated heterocycles. The molecule has 9 N–H and O–H groups in total. The van der Waals surface area contributed by atoms with Gasteiger partial charge in [-0.25, -0.2) is 22.9 Å². The van der Waals surface area contributed by atoms with Crippen LogP contribution in [-0.2, 0) is 31.6 Å². The Morgan fingerprint density at radius 3 is 2.28 bits per heavy atom. The van der Waals surface area contributed by atoms with Crippen LogP contribution in [0.3, 0.4) is 0 Å². The summed E-state index contributed by atoms with van der Waals surface area (Å²) < 4.78 is 65.8. The van der Waals surface area contributed by atoms with Gasteiger partial charge in [0, 0.05) is 13.3 Å². The fourth-order valence-corrected chi connectivity index (χ4v) is 5.42. The lowest BCUT2D eigenvalue weighted by Gasteiger charge is -2.38. The number of aliphatic hydroxyl groups excluding tert-OH is 1. The molecule has 1 heterocycles. The Morgan fingerprint density at radius 2 is 1.81 bits per heavy atom. The van der Waals surface area contributed by atoms with Crippen LogP contribution in [0, 0.1) is 0 Å². The van der Waals surface area contributed by atoms with E-state index in [1.54, 1.807) is 0 Å². The quantitative estimate of drug-likeness (QED) is 0.146. The zero-order chi connectivity index (χ0) is 25.0. The maximum absolute atomic E-state index is 14.9. The van der Waals surface area contributed by atoms with E-state index in [9.17, 15) is 32.9 Å². The number of nitrogens with two attached hydrogens (primary N) is 2. The van der Waals surface area contributed by atoms with E-state index >= 15 is 0 Å². The fourth-order valence-electron chi connectivity index (χ4n) is 2.34. The first-order valence-corrected chi connectivity index (χ1v) is 12.7. The molecule has 1 aromatic rings. The first-order chi connectivity index (χ1) is 14.5. The third kappa shape index (κ3) is 8.35.